The van der Waals surface area contributed by atoms with Crippen molar-refractivity contribution in [2.45, 2.75) is 6.42 Å². The fraction of sp³-hybridized carbons (Fsp3) is 0.111. The van der Waals surface area contributed by atoms with Crippen molar-refractivity contribution in [2.24, 2.45) is 7.05 Å². The number of hydrogen-bond donors (Lipinski definition) is 2. The van der Waals surface area contributed by atoms with Gasteiger partial charge in [-0.15, -0.1) is 12.4 Å². The van der Waals surface area contributed by atoms with E-state index in [4.69, 9.17) is 5.73 Å². The van der Waals surface area contributed by atoms with Gasteiger partial charge < -0.3 is 10.7 Å². The van der Waals surface area contributed by atoms with Gasteiger partial charge in [0.15, 0.2) is 0 Å². The number of nitrogens with zero attached hydrogens (tertiary/aromatic N) is 2. The van der Waals surface area contributed by atoms with Crippen LogP contribution in [0.3, 0.4) is 0 Å². The minimum absolute atomic E-state index is 0. The number of aryl methyl sites for hydroxylation is 1. The Hall–Kier alpha value is -2.79. The maximum Gasteiger partial charge on any atom is 0.215 e. The van der Waals surface area contributed by atoms with Crippen molar-refractivity contribution in [3.05, 3.63) is 70.0 Å². The fourth-order valence-electron chi connectivity index (χ4n) is 3.01. The summed E-state index contributed by atoms with van der Waals surface area (Å²) in [7, 11) is 1.78. The smallest absolute Gasteiger partial charge is 0.215 e. The summed E-state index contributed by atoms with van der Waals surface area (Å²) in [5.41, 5.74) is 11.0. The number of aromatic nitrogens is 3. The van der Waals surface area contributed by atoms with E-state index in [-0.39, 0.29) is 17.8 Å². The number of nitrogens with one attached hydrogen (secondary N) is 1. The van der Waals surface area contributed by atoms with Crippen LogP contribution in [0.4, 0.5) is 5.69 Å². The Bertz CT molecular complexity index is 1100. The topological polar surface area (TPSA) is 76.7 Å². The lowest BCUT2D eigenvalue weighted by Crippen LogP contribution is -2.08. The SMILES string of the molecule is Cl.Cn1ncc2[nH]c3ccc(Cc4cccc(N)c4)cc3c(=O)c21. The number of halogens is 1. The summed E-state index contributed by atoms with van der Waals surface area (Å²) < 4.78 is 1.61. The van der Waals surface area contributed by atoms with E-state index in [9.17, 15) is 4.79 Å². The van der Waals surface area contributed by atoms with Crippen molar-refractivity contribution in [3.63, 3.8) is 0 Å². The van der Waals surface area contributed by atoms with Crippen molar-refractivity contribution in [1.82, 2.24) is 14.8 Å². The van der Waals surface area contributed by atoms with E-state index in [0.29, 0.717) is 10.9 Å². The Balaban J connectivity index is 0.00000169. The molecular formula is C18H17ClN4O. The molecule has 0 saturated heterocycles. The van der Waals surface area contributed by atoms with Crippen LogP contribution in [0.1, 0.15) is 11.1 Å². The second-order valence-electron chi connectivity index (χ2n) is 5.79. The van der Waals surface area contributed by atoms with Gasteiger partial charge in [-0.25, -0.2) is 0 Å². The monoisotopic (exact) mass is 340 g/mol. The van der Waals surface area contributed by atoms with Crippen molar-refractivity contribution in [3.8, 4) is 0 Å². The minimum Gasteiger partial charge on any atom is -0.399 e. The first-order valence-corrected chi connectivity index (χ1v) is 7.43. The van der Waals surface area contributed by atoms with Gasteiger partial charge in [0.05, 0.1) is 11.7 Å². The number of anilines is 1. The number of aromatic amines is 1. The number of nitrogens with two attached hydrogens (primary N) is 1. The average molecular weight is 341 g/mol. The quantitative estimate of drug-likeness (QED) is 0.551. The molecule has 0 amide bonds. The number of benzene rings is 2. The van der Waals surface area contributed by atoms with Gasteiger partial charge in [0.2, 0.25) is 5.43 Å². The molecule has 0 saturated carbocycles. The lowest BCUT2D eigenvalue weighted by atomic mass is 10.0. The van der Waals surface area contributed by atoms with Gasteiger partial charge >= 0.3 is 0 Å². The Morgan fingerprint density at radius 1 is 1.12 bits per heavy atom. The highest BCUT2D eigenvalue weighted by atomic mass is 35.5. The maximum atomic E-state index is 12.7. The number of hydrogen-bond acceptors (Lipinski definition) is 3. The standard InChI is InChI=1S/C18H16N4O.ClH/c1-22-17-16(10-20-22)21-15-6-5-12(9-14(15)18(17)23)7-11-3-2-4-13(19)8-11;/h2-6,8-10H,7,19H2,1H3,(H,21,23);1H. The first-order chi connectivity index (χ1) is 11.1. The Kier molecular flexibility index (Phi) is 4.03. The Labute approximate surface area is 144 Å². The van der Waals surface area contributed by atoms with Crippen molar-refractivity contribution in [2.75, 3.05) is 5.73 Å². The van der Waals surface area contributed by atoms with E-state index in [2.05, 4.69) is 10.1 Å². The number of nitrogen functional groups attached to an aromatic ring is 1. The van der Waals surface area contributed by atoms with Crippen LogP contribution in [0.15, 0.2) is 53.5 Å². The lowest BCUT2D eigenvalue weighted by Gasteiger charge is -2.06. The van der Waals surface area contributed by atoms with E-state index < -0.39 is 0 Å². The number of rotatable bonds is 2. The second kappa shape index (κ2) is 6.02. The van der Waals surface area contributed by atoms with Gasteiger partial charge in [-0.3, -0.25) is 9.48 Å². The average Bonchev–Trinajstić information content (AvgIpc) is 2.89. The molecule has 3 N–H and O–H groups in total. The van der Waals surface area contributed by atoms with E-state index in [1.807, 2.05) is 42.5 Å². The Morgan fingerprint density at radius 2 is 1.92 bits per heavy atom. The molecule has 4 aromatic rings. The van der Waals surface area contributed by atoms with Gasteiger partial charge in [-0.05, 0) is 41.8 Å². The molecule has 0 spiro atoms. The third-order valence-electron chi connectivity index (χ3n) is 4.11. The number of H-pyrrole nitrogens is 1. The molecule has 4 rings (SSSR count). The lowest BCUT2D eigenvalue weighted by molar-refractivity contribution is 0.795. The molecule has 0 atom stereocenters. The fourth-order valence-corrected chi connectivity index (χ4v) is 3.01. The normalized spacial score (nSPS) is 10.9. The summed E-state index contributed by atoms with van der Waals surface area (Å²) >= 11 is 0. The summed E-state index contributed by atoms with van der Waals surface area (Å²) in [5, 5.41) is 4.83. The molecule has 2 heterocycles. The zero-order valence-corrected chi connectivity index (χ0v) is 13.9. The molecule has 122 valence electrons. The largest absolute Gasteiger partial charge is 0.399 e. The zero-order valence-electron chi connectivity index (χ0n) is 13.1. The zero-order chi connectivity index (χ0) is 16.0. The van der Waals surface area contributed by atoms with Gasteiger partial charge in [-0.2, -0.15) is 5.10 Å². The molecular weight excluding hydrogens is 324 g/mol. The van der Waals surface area contributed by atoms with Crippen molar-refractivity contribution < 1.29 is 0 Å². The van der Waals surface area contributed by atoms with Crippen LogP contribution in [0, 0.1) is 0 Å². The summed E-state index contributed by atoms with van der Waals surface area (Å²) in [5.74, 6) is 0. The van der Waals surface area contributed by atoms with Crippen molar-refractivity contribution >= 4 is 40.0 Å². The van der Waals surface area contributed by atoms with Crippen LogP contribution in [-0.2, 0) is 13.5 Å². The van der Waals surface area contributed by atoms with Crippen LogP contribution in [0.25, 0.3) is 21.9 Å². The van der Waals surface area contributed by atoms with Gasteiger partial charge in [0, 0.05) is 23.6 Å². The summed E-state index contributed by atoms with van der Waals surface area (Å²) in [6, 6.07) is 13.7. The molecule has 0 fully saturated rings. The molecule has 0 radical (unpaired) electrons. The van der Waals surface area contributed by atoms with Crippen LogP contribution >= 0.6 is 12.4 Å². The molecule has 5 nitrogen and oxygen atoms in total. The third kappa shape index (κ3) is 2.63. The molecule has 2 aromatic carbocycles. The number of fused-ring (bicyclic) bond motifs is 2. The molecule has 0 bridgehead atoms. The van der Waals surface area contributed by atoms with E-state index in [0.717, 1.165) is 34.3 Å². The van der Waals surface area contributed by atoms with Crippen LogP contribution < -0.4 is 11.2 Å². The maximum absolute atomic E-state index is 12.7. The van der Waals surface area contributed by atoms with E-state index in [1.54, 1.807) is 17.9 Å². The highest BCUT2D eigenvalue weighted by Crippen LogP contribution is 2.18. The van der Waals surface area contributed by atoms with Gasteiger partial charge in [0.25, 0.3) is 0 Å². The predicted octanol–water partition coefficient (Wildman–Crippen LogP) is 3.01. The van der Waals surface area contributed by atoms with Crippen LogP contribution in [0.5, 0.6) is 0 Å². The summed E-state index contributed by atoms with van der Waals surface area (Å²) in [6.07, 6.45) is 2.42. The molecule has 0 aliphatic carbocycles. The second-order valence-corrected chi connectivity index (χ2v) is 5.79. The molecule has 0 aliphatic rings. The van der Waals surface area contributed by atoms with Crippen LogP contribution in [0.2, 0.25) is 0 Å². The molecule has 24 heavy (non-hydrogen) atoms. The molecule has 0 aliphatic heterocycles. The van der Waals surface area contributed by atoms with Gasteiger partial charge in [-0.1, -0.05) is 18.2 Å². The molecule has 2 aromatic heterocycles. The highest BCUT2D eigenvalue weighted by molar-refractivity contribution is 5.90. The van der Waals surface area contributed by atoms with Crippen LogP contribution in [-0.4, -0.2) is 14.8 Å². The Morgan fingerprint density at radius 3 is 2.71 bits per heavy atom. The summed E-state index contributed by atoms with van der Waals surface area (Å²) in [4.78, 5) is 16.0. The van der Waals surface area contributed by atoms with Gasteiger partial charge in [0.1, 0.15) is 5.52 Å². The predicted molar refractivity (Wildman–Crippen MR) is 99.7 cm³/mol. The molecule has 0 unspecified atom stereocenters. The number of pyridine rings is 1. The van der Waals surface area contributed by atoms with E-state index >= 15 is 0 Å². The third-order valence-corrected chi connectivity index (χ3v) is 4.11. The first-order valence-electron chi connectivity index (χ1n) is 7.43. The van der Waals surface area contributed by atoms with Crippen molar-refractivity contribution in [1.29, 1.82) is 0 Å². The highest BCUT2D eigenvalue weighted by Gasteiger charge is 2.10. The minimum atomic E-state index is 0. The summed E-state index contributed by atoms with van der Waals surface area (Å²) in [6.45, 7) is 0. The molecule has 6 heteroatoms. The first kappa shape index (κ1) is 16.1. The van der Waals surface area contributed by atoms with E-state index in [1.165, 1.54) is 0 Å².